The fraction of sp³-hybridized carbons (Fsp3) is 0.568. The van der Waals surface area contributed by atoms with E-state index in [0.29, 0.717) is 64.4 Å². The van der Waals surface area contributed by atoms with E-state index in [4.69, 9.17) is 0 Å². The number of piperidine rings is 2. The summed E-state index contributed by atoms with van der Waals surface area (Å²) in [7, 11) is 0. The van der Waals surface area contributed by atoms with Gasteiger partial charge in [-0.15, -0.1) is 0 Å². The number of halogens is 2. The second-order valence-corrected chi connectivity index (χ2v) is 15.8. The molecule has 50 heavy (non-hydrogen) atoms. The Balaban J connectivity index is 1.05. The lowest BCUT2D eigenvalue weighted by Gasteiger charge is -2.44. The van der Waals surface area contributed by atoms with Gasteiger partial charge in [0.25, 0.3) is 0 Å². The zero-order valence-corrected chi connectivity index (χ0v) is 31.9. The number of benzene rings is 2. The lowest BCUT2D eigenvalue weighted by atomic mass is 9.92. The van der Waals surface area contributed by atoms with E-state index in [2.05, 4.69) is 47.0 Å². The van der Waals surface area contributed by atoms with Crippen LogP contribution in [0.25, 0.3) is 0 Å². The Labute approximate surface area is 311 Å². The van der Waals surface area contributed by atoms with Crippen LogP contribution in [0.15, 0.2) is 51.4 Å². The number of carbonyl (C=O) groups is 4. The molecule has 0 bridgehead atoms. The molecule has 0 aromatic heterocycles. The van der Waals surface area contributed by atoms with Crippen molar-refractivity contribution < 1.29 is 24.3 Å². The largest absolute Gasteiger partial charge is 0.480 e. The van der Waals surface area contributed by atoms with Crippen LogP contribution in [0, 0.1) is 5.92 Å². The van der Waals surface area contributed by atoms with Crippen molar-refractivity contribution in [2.75, 3.05) is 57.7 Å². The first-order chi connectivity index (χ1) is 24.1. The number of carboxylic acid groups (broad SMARTS) is 1. The Hall–Kier alpha value is -3.00. The number of rotatable bonds is 10. The van der Waals surface area contributed by atoms with E-state index in [1.807, 2.05) is 64.1 Å². The number of carboxylic acids is 1. The SMILES string of the molecule is CCC(C(=O)O)N1CCN(C2CCN(C(=O)C(CC(=O)N3CCC(N4Cc5ccccc5NC4=O)CC3)Cc3ccc(Br)c(Br)c3)CC2)CC1. The van der Waals surface area contributed by atoms with Crippen LogP contribution in [0.5, 0.6) is 0 Å². The predicted octanol–water partition coefficient (Wildman–Crippen LogP) is 5.27. The first-order valence-electron chi connectivity index (χ1n) is 18.0. The molecule has 0 spiro atoms. The highest BCUT2D eigenvalue weighted by atomic mass is 79.9. The van der Waals surface area contributed by atoms with Gasteiger partial charge in [-0.05, 0) is 99.7 Å². The van der Waals surface area contributed by atoms with Crippen molar-refractivity contribution in [2.24, 2.45) is 5.92 Å². The van der Waals surface area contributed by atoms with E-state index < -0.39 is 17.9 Å². The van der Waals surface area contributed by atoms with Crippen molar-refractivity contribution >= 4 is 61.4 Å². The Kier molecular flexibility index (Phi) is 12.2. The van der Waals surface area contributed by atoms with Crippen LogP contribution in [-0.2, 0) is 27.3 Å². The molecule has 4 amide bonds. The van der Waals surface area contributed by atoms with Crippen LogP contribution >= 0.6 is 31.9 Å². The molecule has 2 unspecified atom stereocenters. The standard InChI is InChI=1S/C37H48Br2N6O5/c1-2-33(36(48)49)42-19-17-41(18-20-42)28-9-15-44(16-10-28)35(47)27(21-25-7-8-30(38)31(39)22-25)23-34(46)43-13-11-29(12-14-43)45-24-26-5-3-4-6-32(26)40-37(45)50/h3-8,22,27-29,33H,2,9-21,23-24H2,1H3,(H,40,50)(H,48,49). The maximum Gasteiger partial charge on any atom is 0.322 e. The van der Waals surface area contributed by atoms with E-state index in [9.17, 15) is 24.3 Å². The third kappa shape index (κ3) is 8.54. The smallest absolute Gasteiger partial charge is 0.322 e. The Morgan fingerprint density at radius 2 is 1.52 bits per heavy atom. The third-order valence-corrected chi connectivity index (χ3v) is 13.0. The zero-order chi connectivity index (χ0) is 35.4. The summed E-state index contributed by atoms with van der Waals surface area (Å²) in [4.78, 5) is 62.8. The second kappa shape index (κ2) is 16.6. The molecule has 270 valence electrons. The van der Waals surface area contributed by atoms with E-state index in [0.717, 1.165) is 64.8 Å². The molecule has 3 fully saturated rings. The van der Waals surface area contributed by atoms with E-state index >= 15 is 0 Å². The quantitative estimate of drug-likeness (QED) is 0.336. The number of para-hydroxylation sites is 1. The molecule has 2 atom stereocenters. The zero-order valence-electron chi connectivity index (χ0n) is 28.7. The summed E-state index contributed by atoms with van der Waals surface area (Å²) in [6.07, 6.45) is 4.38. The molecular weight excluding hydrogens is 768 g/mol. The van der Waals surface area contributed by atoms with E-state index in [-0.39, 0.29) is 30.3 Å². The fourth-order valence-electron chi connectivity index (χ4n) is 8.19. The van der Waals surface area contributed by atoms with Crippen molar-refractivity contribution in [1.82, 2.24) is 24.5 Å². The third-order valence-electron chi connectivity index (χ3n) is 11.1. The highest BCUT2D eigenvalue weighted by Gasteiger charge is 2.37. The van der Waals surface area contributed by atoms with Crippen molar-refractivity contribution in [3.8, 4) is 0 Å². The van der Waals surface area contributed by atoms with Crippen LogP contribution in [0.4, 0.5) is 10.5 Å². The van der Waals surface area contributed by atoms with Crippen LogP contribution < -0.4 is 5.32 Å². The van der Waals surface area contributed by atoms with Crippen molar-refractivity contribution in [3.05, 3.63) is 62.5 Å². The lowest BCUT2D eigenvalue weighted by molar-refractivity contribution is -0.144. The number of amides is 4. The number of piperazine rings is 1. The molecule has 4 aliphatic heterocycles. The van der Waals surface area contributed by atoms with Gasteiger partial charge in [-0.3, -0.25) is 24.2 Å². The van der Waals surface area contributed by atoms with Crippen LogP contribution in [0.1, 0.15) is 56.6 Å². The predicted molar refractivity (Wildman–Crippen MR) is 199 cm³/mol. The Morgan fingerprint density at radius 3 is 2.18 bits per heavy atom. The minimum absolute atomic E-state index is 0.00841. The molecule has 4 heterocycles. The number of hydrogen-bond donors (Lipinski definition) is 2. The average Bonchev–Trinajstić information content (AvgIpc) is 3.13. The molecule has 4 aliphatic rings. The number of fused-ring (bicyclic) bond motifs is 1. The van der Waals surface area contributed by atoms with Crippen molar-refractivity contribution in [1.29, 1.82) is 0 Å². The molecular formula is C37H48Br2N6O5. The summed E-state index contributed by atoms with van der Waals surface area (Å²) in [5.74, 6) is -1.20. The second-order valence-electron chi connectivity index (χ2n) is 14.1. The number of carbonyl (C=O) groups excluding carboxylic acids is 3. The highest BCUT2D eigenvalue weighted by Crippen LogP contribution is 2.30. The normalized spacial score (nSPS) is 21.0. The van der Waals surface area contributed by atoms with Gasteiger partial charge in [-0.2, -0.15) is 0 Å². The van der Waals surface area contributed by atoms with E-state index in [1.54, 1.807) is 0 Å². The van der Waals surface area contributed by atoms with Gasteiger partial charge in [0.15, 0.2) is 0 Å². The minimum atomic E-state index is -0.751. The van der Waals surface area contributed by atoms with Crippen molar-refractivity contribution in [2.45, 2.75) is 76.5 Å². The van der Waals surface area contributed by atoms with Crippen LogP contribution in [0.3, 0.4) is 0 Å². The van der Waals surface area contributed by atoms with Gasteiger partial charge in [0, 0.05) is 92.0 Å². The summed E-state index contributed by atoms with van der Waals surface area (Å²) < 4.78 is 1.85. The average molecular weight is 817 g/mol. The molecule has 2 N–H and O–H groups in total. The number of likely N-dealkylation sites (tertiary alicyclic amines) is 2. The number of hydrogen-bond acceptors (Lipinski definition) is 6. The van der Waals surface area contributed by atoms with Gasteiger partial charge < -0.3 is 25.1 Å². The topological polar surface area (TPSA) is 117 Å². The lowest BCUT2D eigenvalue weighted by Crippen LogP contribution is -2.57. The van der Waals surface area contributed by atoms with Crippen molar-refractivity contribution in [3.63, 3.8) is 0 Å². The maximum absolute atomic E-state index is 14.2. The molecule has 2 aromatic rings. The number of aliphatic carboxylic acids is 1. The first-order valence-corrected chi connectivity index (χ1v) is 19.6. The number of nitrogens with zero attached hydrogens (tertiary/aromatic N) is 5. The van der Waals surface area contributed by atoms with Crippen LogP contribution in [-0.4, -0.2) is 124 Å². The van der Waals surface area contributed by atoms with Gasteiger partial charge in [-0.1, -0.05) is 31.2 Å². The molecule has 0 aliphatic carbocycles. The van der Waals surface area contributed by atoms with E-state index in [1.165, 1.54) is 0 Å². The van der Waals surface area contributed by atoms with Gasteiger partial charge in [0.1, 0.15) is 6.04 Å². The minimum Gasteiger partial charge on any atom is -0.480 e. The van der Waals surface area contributed by atoms with Gasteiger partial charge >= 0.3 is 12.0 Å². The molecule has 0 saturated carbocycles. The molecule has 13 heteroatoms. The Morgan fingerprint density at radius 1 is 0.860 bits per heavy atom. The van der Waals surface area contributed by atoms with Gasteiger partial charge in [-0.25, -0.2) is 4.79 Å². The maximum atomic E-state index is 14.2. The fourth-order valence-corrected chi connectivity index (χ4v) is 8.87. The molecule has 0 radical (unpaired) electrons. The number of nitrogens with one attached hydrogen (secondary N) is 1. The molecule has 3 saturated heterocycles. The Bertz CT molecular complexity index is 1550. The molecule has 6 rings (SSSR count). The van der Waals surface area contributed by atoms with Gasteiger partial charge in [0.05, 0.1) is 5.92 Å². The summed E-state index contributed by atoms with van der Waals surface area (Å²) >= 11 is 7.13. The number of urea groups is 1. The summed E-state index contributed by atoms with van der Waals surface area (Å²) in [6.45, 7) is 8.07. The first kappa shape index (κ1) is 36.8. The molecule has 11 nitrogen and oxygen atoms in total. The number of anilines is 1. The summed E-state index contributed by atoms with van der Waals surface area (Å²) in [6, 6.07) is 13.8. The van der Waals surface area contributed by atoms with Gasteiger partial charge in [0.2, 0.25) is 11.8 Å². The molecule has 2 aromatic carbocycles. The van der Waals surface area contributed by atoms with Crippen LogP contribution in [0.2, 0.25) is 0 Å². The highest BCUT2D eigenvalue weighted by molar-refractivity contribution is 9.13. The summed E-state index contributed by atoms with van der Waals surface area (Å²) in [5, 5.41) is 12.6. The summed E-state index contributed by atoms with van der Waals surface area (Å²) in [5.41, 5.74) is 2.96. The monoisotopic (exact) mass is 814 g/mol.